The maximum Gasteiger partial charge on any atom is 0.319 e. The monoisotopic (exact) mass is 355 g/mol. The summed E-state index contributed by atoms with van der Waals surface area (Å²) in [7, 11) is 0. The van der Waals surface area contributed by atoms with Gasteiger partial charge in [0.15, 0.2) is 0 Å². The molecule has 0 aliphatic rings. The second kappa shape index (κ2) is 7.81. The molecule has 0 unspecified atom stereocenters. The van der Waals surface area contributed by atoms with E-state index < -0.39 is 0 Å². The van der Waals surface area contributed by atoms with E-state index in [2.05, 4.69) is 20.7 Å². The second-order valence-electron chi connectivity index (χ2n) is 5.50. The first kappa shape index (κ1) is 17.0. The van der Waals surface area contributed by atoms with Crippen LogP contribution in [0.5, 0.6) is 0 Å². The van der Waals surface area contributed by atoms with E-state index >= 15 is 0 Å². The van der Waals surface area contributed by atoms with Gasteiger partial charge < -0.3 is 10.6 Å². The van der Waals surface area contributed by atoms with Crippen LogP contribution < -0.4 is 10.6 Å². The minimum atomic E-state index is -0.301. The first-order chi connectivity index (χ1) is 12.1. The number of carbonyl (C=O) groups excluding carboxylic acids is 1. The number of hydrogen-bond acceptors (Lipinski definition) is 3. The van der Waals surface area contributed by atoms with Crippen LogP contribution in [0.3, 0.4) is 0 Å². The number of pyridine rings is 1. The molecule has 1 aromatic carbocycles. The first-order valence-corrected chi connectivity index (χ1v) is 8.25. The van der Waals surface area contributed by atoms with E-state index in [0.717, 1.165) is 17.0 Å². The highest BCUT2D eigenvalue weighted by atomic mass is 35.5. The molecule has 2 aromatic heterocycles. The molecule has 0 saturated carbocycles. The molecule has 6 nitrogen and oxygen atoms in total. The summed E-state index contributed by atoms with van der Waals surface area (Å²) >= 11 is 6.02. The average molecular weight is 356 g/mol. The Morgan fingerprint density at radius 1 is 1.24 bits per heavy atom. The number of aromatic nitrogens is 3. The lowest BCUT2D eigenvalue weighted by Gasteiger charge is -2.09. The Balaban J connectivity index is 1.55. The predicted molar refractivity (Wildman–Crippen MR) is 98.7 cm³/mol. The van der Waals surface area contributed by atoms with Crippen molar-refractivity contribution >= 4 is 23.3 Å². The normalized spacial score (nSPS) is 10.5. The quantitative estimate of drug-likeness (QED) is 0.732. The van der Waals surface area contributed by atoms with Gasteiger partial charge >= 0.3 is 6.03 Å². The molecule has 0 atom stereocenters. The van der Waals surface area contributed by atoms with Crippen molar-refractivity contribution in [2.24, 2.45) is 0 Å². The summed E-state index contributed by atoms with van der Waals surface area (Å²) in [5.41, 5.74) is 3.43. The van der Waals surface area contributed by atoms with Crippen LogP contribution in [-0.4, -0.2) is 27.3 Å². The molecule has 25 heavy (non-hydrogen) atoms. The fourth-order valence-electron chi connectivity index (χ4n) is 2.40. The molecule has 0 aliphatic heterocycles. The summed E-state index contributed by atoms with van der Waals surface area (Å²) < 4.78 is 1.86. The standard InChI is InChI=1S/C18H18ClN5O/c1-13-11-17(14-5-4-8-20-12-14)23-24(13)10-9-21-18(25)22-16-7-3-2-6-15(16)19/h2-8,11-12H,9-10H2,1H3,(H2,21,22,25). The summed E-state index contributed by atoms with van der Waals surface area (Å²) in [5.74, 6) is 0. The zero-order chi connectivity index (χ0) is 17.6. The molecule has 128 valence electrons. The van der Waals surface area contributed by atoms with Crippen LogP contribution in [0.2, 0.25) is 5.02 Å². The van der Waals surface area contributed by atoms with E-state index in [1.54, 1.807) is 24.5 Å². The van der Waals surface area contributed by atoms with Gasteiger partial charge in [-0.3, -0.25) is 9.67 Å². The van der Waals surface area contributed by atoms with E-state index in [1.165, 1.54) is 0 Å². The largest absolute Gasteiger partial charge is 0.336 e. The van der Waals surface area contributed by atoms with E-state index in [9.17, 15) is 4.79 Å². The summed E-state index contributed by atoms with van der Waals surface area (Å²) in [6.07, 6.45) is 3.51. The molecular formula is C18H18ClN5O. The van der Waals surface area contributed by atoms with Crippen molar-refractivity contribution in [1.29, 1.82) is 0 Å². The van der Waals surface area contributed by atoms with Gasteiger partial charge in [-0.05, 0) is 37.3 Å². The van der Waals surface area contributed by atoms with Crippen molar-refractivity contribution in [3.63, 3.8) is 0 Å². The van der Waals surface area contributed by atoms with Crippen LogP contribution in [0.1, 0.15) is 5.69 Å². The molecule has 2 amide bonds. The van der Waals surface area contributed by atoms with Crippen LogP contribution in [0.25, 0.3) is 11.3 Å². The predicted octanol–water partition coefficient (Wildman–Crippen LogP) is 3.73. The van der Waals surface area contributed by atoms with Crippen molar-refractivity contribution in [2.45, 2.75) is 13.5 Å². The van der Waals surface area contributed by atoms with Crippen molar-refractivity contribution < 1.29 is 4.79 Å². The van der Waals surface area contributed by atoms with Gasteiger partial charge in [0.25, 0.3) is 0 Å². The van der Waals surface area contributed by atoms with Crippen LogP contribution in [0.4, 0.5) is 10.5 Å². The fourth-order valence-corrected chi connectivity index (χ4v) is 2.58. The Morgan fingerprint density at radius 2 is 2.08 bits per heavy atom. The highest BCUT2D eigenvalue weighted by molar-refractivity contribution is 6.33. The molecular weight excluding hydrogens is 338 g/mol. The maximum atomic E-state index is 11.9. The van der Waals surface area contributed by atoms with E-state index in [4.69, 9.17) is 11.6 Å². The third-order valence-corrected chi connectivity index (χ3v) is 4.00. The van der Waals surface area contributed by atoms with Gasteiger partial charge in [-0.2, -0.15) is 5.10 Å². The smallest absolute Gasteiger partial charge is 0.319 e. The maximum absolute atomic E-state index is 11.9. The van der Waals surface area contributed by atoms with Crippen molar-refractivity contribution in [3.05, 3.63) is 65.6 Å². The highest BCUT2D eigenvalue weighted by Gasteiger charge is 2.08. The summed E-state index contributed by atoms with van der Waals surface area (Å²) in [4.78, 5) is 16.1. The van der Waals surface area contributed by atoms with Gasteiger partial charge in [0, 0.05) is 30.2 Å². The zero-order valence-corrected chi connectivity index (χ0v) is 14.5. The Kier molecular flexibility index (Phi) is 5.30. The number of anilines is 1. The number of benzene rings is 1. The number of amides is 2. The molecule has 0 spiro atoms. The van der Waals surface area contributed by atoms with Crippen molar-refractivity contribution in [2.75, 3.05) is 11.9 Å². The molecule has 0 aliphatic carbocycles. The lowest BCUT2D eigenvalue weighted by Crippen LogP contribution is -2.31. The fraction of sp³-hybridized carbons (Fsp3) is 0.167. The number of nitrogens with one attached hydrogen (secondary N) is 2. The zero-order valence-electron chi connectivity index (χ0n) is 13.7. The molecule has 2 N–H and O–H groups in total. The number of carbonyl (C=O) groups is 1. The van der Waals surface area contributed by atoms with E-state index in [-0.39, 0.29) is 6.03 Å². The van der Waals surface area contributed by atoms with Crippen LogP contribution >= 0.6 is 11.6 Å². The molecule has 7 heteroatoms. The van der Waals surface area contributed by atoms with Crippen LogP contribution in [-0.2, 0) is 6.54 Å². The number of halogens is 1. The van der Waals surface area contributed by atoms with Crippen molar-refractivity contribution in [1.82, 2.24) is 20.1 Å². The minimum absolute atomic E-state index is 0.301. The molecule has 2 heterocycles. The number of nitrogens with zero attached hydrogens (tertiary/aromatic N) is 3. The van der Waals surface area contributed by atoms with Gasteiger partial charge in [0.2, 0.25) is 0 Å². The summed E-state index contributed by atoms with van der Waals surface area (Å²) in [6.45, 7) is 3.00. The molecule has 0 fully saturated rings. The van der Waals surface area contributed by atoms with Gasteiger partial charge in [-0.25, -0.2) is 4.79 Å². The Hall–Kier alpha value is -2.86. The van der Waals surface area contributed by atoms with Crippen molar-refractivity contribution in [3.8, 4) is 11.3 Å². The highest BCUT2D eigenvalue weighted by Crippen LogP contribution is 2.20. The van der Waals surface area contributed by atoms with Gasteiger partial charge in [-0.1, -0.05) is 23.7 Å². The molecule has 0 bridgehead atoms. The third kappa shape index (κ3) is 4.36. The average Bonchev–Trinajstić information content (AvgIpc) is 2.99. The molecule has 0 radical (unpaired) electrons. The molecule has 3 aromatic rings. The Morgan fingerprint density at radius 3 is 2.84 bits per heavy atom. The number of rotatable bonds is 5. The molecule has 3 rings (SSSR count). The number of hydrogen-bond donors (Lipinski definition) is 2. The first-order valence-electron chi connectivity index (χ1n) is 7.88. The van der Waals surface area contributed by atoms with Gasteiger partial charge in [-0.15, -0.1) is 0 Å². The number of urea groups is 1. The van der Waals surface area contributed by atoms with E-state index in [0.29, 0.717) is 23.8 Å². The topological polar surface area (TPSA) is 71.8 Å². The lowest BCUT2D eigenvalue weighted by molar-refractivity contribution is 0.251. The Bertz CT molecular complexity index is 863. The summed E-state index contributed by atoms with van der Waals surface area (Å²) in [6, 6.07) is 12.6. The SMILES string of the molecule is Cc1cc(-c2cccnc2)nn1CCNC(=O)Nc1ccccc1Cl. The summed E-state index contributed by atoms with van der Waals surface area (Å²) in [5, 5.41) is 10.6. The van der Waals surface area contributed by atoms with Crippen LogP contribution in [0, 0.1) is 6.92 Å². The Labute approximate surface area is 150 Å². The lowest BCUT2D eigenvalue weighted by atomic mass is 10.2. The van der Waals surface area contributed by atoms with Gasteiger partial charge in [0.1, 0.15) is 0 Å². The van der Waals surface area contributed by atoms with Crippen LogP contribution in [0.15, 0.2) is 54.9 Å². The second-order valence-corrected chi connectivity index (χ2v) is 5.90. The minimum Gasteiger partial charge on any atom is -0.336 e. The van der Waals surface area contributed by atoms with Gasteiger partial charge in [0.05, 0.1) is 22.9 Å². The number of aryl methyl sites for hydroxylation is 1. The third-order valence-electron chi connectivity index (χ3n) is 3.67. The number of para-hydroxylation sites is 1. The van der Waals surface area contributed by atoms with E-state index in [1.807, 2.05) is 41.9 Å². The molecule has 0 saturated heterocycles.